The van der Waals surface area contributed by atoms with Crippen LogP contribution in [0.2, 0.25) is 0 Å². The molecule has 1 saturated carbocycles. The monoisotopic (exact) mass is 279 g/mol. The highest BCUT2D eigenvalue weighted by molar-refractivity contribution is 7.15. The Kier molecular flexibility index (Phi) is 4.08. The van der Waals surface area contributed by atoms with Crippen molar-refractivity contribution in [3.05, 3.63) is 11.1 Å². The Morgan fingerprint density at radius 1 is 1.32 bits per heavy atom. The normalized spacial score (nSPS) is 29.1. The van der Waals surface area contributed by atoms with Crippen molar-refractivity contribution in [2.75, 3.05) is 18.5 Å². The summed E-state index contributed by atoms with van der Waals surface area (Å²) in [7, 11) is 2.02. The second-order valence-electron chi connectivity index (χ2n) is 6.00. The third-order valence-corrected chi connectivity index (χ3v) is 6.08. The van der Waals surface area contributed by atoms with Crippen LogP contribution < -0.4 is 10.2 Å². The van der Waals surface area contributed by atoms with Crippen LogP contribution in [0.4, 0.5) is 5.13 Å². The Morgan fingerprint density at radius 3 is 2.95 bits per heavy atom. The molecule has 0 radical (unpaired) electrons. The molecule has 1 aromatic rings. The van der Waals surface area contributed by atoms with E-state index in [9.17, 15) is 0 Å². The predicted molar refractivity (Wildman–Crippen MR) is 81.9 cm³/mol. The third kappa shape index (κ3) is 2.65. The minimum Gasteiger partial charge on any atom is -0.345 e. The molecule has 2 fully saturated rings. The number of fused-ring (bicyclic) bond motifs is 1. The van der Waals surface area contributed by atoms with E-state index < -0.39 is 0 Å². The van der Waals surface area contributed by atoms with Crippen molar-refractivity contribution in [1.82, 2.24) is 10.3 Å². The van der Waals surface area contributed by atoms with Gasteiger partial charge in [0.2, 0.25) is 0 Å². The Hall–Kier alpha value is -0.610. The Labute approximate surface area is 120 Å². The summed E-state index contributed by atoms with van der Waals surface area (Å²) in [6, 6.07) is 1.18. The lowest BCUT2D eigenvalue weighted by Crippen LogP contribution is -2.46. The number of piperidine rings is 1. The number of thiazole rings is 1. The molecule has 2 heterocycles. The molecular formula is C15H25N3S. The fraction of sp³-hybridized carbons (Fsp3) is 0.800. The van der Waals surface area contributed by atoms with Gasteiger partial charge in [-0.15, -0.1) is 11.3 Å². The molecule has 3 unspecified atom stereocenters. The van der Waals surface area contributed by atoms with E-state index in [1.54, 1.807) is 0 Å². The van der Waals surface area contributed by atoms with Gasteiger partial charge in [0.1, 0.15) is 0 Å². The lowest BCUT2D eigenvalue weighted by atomic mass is 9.78. The summed E-state index contributed by atoms with van der Waals surface area (Å²) in [6.45, 7) is 3.42. The summed E-state index contributed by atoms with van der Waals surface area (Å²) in [6.07, 6.45) is 10.5. The van der Waals surface area contributed by atoms with Crippen LogP contribution in [0.1, 0.15) is 56.4 Å². The fourth-order valence-corrected chi connectivity index (χ4v) is 4.67. The summed E-state index contributed by atoms with van der Waals surface area (Å²) in [5.41, 5.74) is 0. The summed E-state index contributed by atoms with van der Waals surface area (Å²) in [5, 5.41) is 4.56. The summed E-state index contributed by atoms with van der Waals surface area (Å²) >= 11 is 1.88. The zero-order valence-electron chi connectivity index (χ0n) is 12.1. The molecule has 1 aliphatic heterocycles. The van der Waals surface area contributed by atoms with Gasteiger partial charge in [0.05, 0.1) is 0 Å². The van der Waals surface area contributed by atoms with Gasteiger partial charge in [-0.2, -0.15) is 0 Å². The smallest absolute Gasteiger partial charge is 0.185 e. The molecular weight excluding hydrogens is 254 g/mol. The molecule has 1 N–H and O–H groups in total. The molecule has 2 aliphatic rings. The number of aromatic nitrogens is 1. The summed E-state index contributed by atoms with van der Waals surface area (Å²) in [4.78, 5) is 8.68. The molecule has 19 heavy (non-hydrogen) atoms. The minimum atomic E-state index is 0.415. The van der Waals surface area contributed by atoms with Gasteiger partial charge < -0.3 is 10.2 Å². The number of hydrogen-bond donors (Lipinski definition) is 1. The Bertz CT molecular complexity index is 415. The van der Waals surface area contributed by atoms with E-state index in [4.69, 9.17) is 4.98 Å². The Balaban J connectivity index is 1.78. The topological polar surface area (TPSA) is 28.2 Å². The zero-order chi connectivity index (χ0) is 13.2. The first kappa shape index (κ1) is 13.4. The highest BCUT2D eigenvalue weighted by atomic mass is 32.1. The number of anilines is 1. The molecule has 106 valence electrons. The van der Waals surface area contributed by atoms with Crippen molar-refractivity contribution in [2.45, 2.75) is 57.5 Å². The van der Waals surface area contributed by atoms with Crippen LogP contribution in [0.25, 0.3) is 0 Å². The maximum Gasteiger partial charge on any atom is 0.185 e. The second kappa shape index (κ2) is 5.80. The van der Waals surface area contributed by atoms with E-state index in [1.165, 1.54) is 55.1 Å². The summed E-state index contributed by atoms with van der Waals surface area (Å²) < 4.78 is 0. The molecule has 4 heteroatoms. The first-order valence-electron chi connectivity index (χ1n) is 7.69. The molecule has 0 amide bonds. The number of nitrogens with zero attached hydrogens (tertiary/aromatic N) is 2. The average molecular weight is 279 g/mol. The minimum absolute atomic E-state index is 0.415. The van der Waals surface area contributed by atoms with Gasteiger partial charge >= 0.3 is 0 Å². The van der Waals surface area contributed by atoms with Gasteiger partial charge in [0.15, 0.2) is 5.13 Å². The standard InChI is InChI=1S/C15H25N3S/c1-11(16-2)14-10-17-15(19-14)18-9-5-7-12-6-3-4-8-13(12)18/h10-13,16H,3-9H2,1-2H3. The van der Waals surface area contributed by atoms with Crippen molar-refractivity contribution in [3.8, 4) is 0 Å². The number of nitrogens with one attached hydrogen (secondary N) is 1. The van der Waals surface area contributed by atoms with Gasteiger partial charge in [-0.05, 0) is 45.6 Å². The highest BCUT2D eigenvalue weighted by Crippen LogP contribution is 2.39. The van der Waals surface area contributed by atoms with Gasteiger partial charge in [-0.3, -0.25) is 0 Å². The third-order valence-electron chi connectivity index (χ3n) is 4.86. The highest BCUT2D eigenvalue weighted by Gasteiger charge is 2.34. The van der Waals surface area contributed by atoms with E-state index in [0.29, 0.717) is 6.04 Å². The fourth-order valence-electron chi connectivity index (χ4n) is 3.61. The van der Waals surface area contributed by atoms with Crippen molar-refractivity contribution in [2.24, 2.45) is 5.92 Å². The molecule has 0 aromatic carbocycles. The zero-order valence-corrected chi connectivity index (χ0v) is 12.9. The van der Waals surface area contributed by atoms with Crippen LogP contribution in [-0.2, 0) is 0 Å². The first-order chi connectivity index (χ1) is 9.29. The summed E-state index contributed by atoms with van der Waals surface area (Å²) in [5.74, 6) is 0.927. The van der Waals surface area contributed by atoms with Crippen LogP contribution >= 0.6 is 11.3 Å². The van der Waals surface area contributed by atoms with Gasteiger partial charge in [-0.25, -0.2) is 4.98 Å². The molecule has 1 saturated heterocycles. The van der Waals surface area contributed by atoms with Crippen LogP contribution in [0.3, 0.4) is 0 Å². The molecule has 3 rings (SSSR count). The van der Waals surface area contributed by atoms with Crippen molar-refractivity contribution in [1.29, 1.82) is 0 Å². The van der Waals surface area contributed by atoms with Gasteiger partial charge in [0, 0.05) is 29.7 Å². The average Bonchev–Trinajstić information content (AvgIpc) is 2.95. The van der Waals surface area contributed by atoms with Crippen molar-refractivity contribution in [3.63, 3.8) is 0 Å². The van der Waals surface area contributed by atoms with Gasteiger partial charge in [0.25, 0.3) is 0 Å². The predicted octanol–water partition coefficient (Wildman–Crippen LogP) is 3.58. The molecule has 3 nitrogen and oxygen atoms in total. The van der Waals surface area contributed by atoms with Crippen molar-refractivity contribution < 1.29 is 0 Å². The largest absolute Gasteiger partial charge is 0.345 e. The quantitative estimate of drug-likeness (QED) is 0.916. The lowest BCUT2D eigenvalue weighted by molar-refractivity contribution is 0.243. The maximum atomic E-state index is 4.70. The number of rotatable bonds is 3. The van der Waals surface area contributed by atoms with E-state index in [-0.39, 0.29) is 0 Å². The maximum absolute atomic E-state index is 4.70. The Morgan fingerprint density at radius 2 is 2.11 bits per heavy atom. The molecule has 1 aliphatic carbocycles. The molecule has 0 bridgehead atoms. The van der Waals surface area contributed by atoms with Crippen molar-refractivity contribution >= 4 is 16.5 Å². The van der Waals surface area contributed by atoms with Crippen LogP contribution in [0, 0.1) is 5.92 Å². The molecule has 0 spiro atoms. The lowest BCUT2D eigenvalue weighted by Gasteiger charge is -2.44. The van der Waals surface area contributed by atoms with E-state index in [2.05, 4.69) is 23.3 Å². The van der Waals surface area contributed by atoms with E-state index in [0.717, 1.165) is 12.0 Å². The van der Waals surface area contributed by atoms with Crippen LogP contribution in [0.15, 0.2) is 6.20 Å². The first-order valence-corrected chi connectivity index (χ1v) is 8.51. The van der Waals surface area contributed by atoms with Gasteiger partial charge in [-0.1, -0.05) is 12.8 Å². The SMILES string of the molecule is CNC(C)c1cnc(N2CCCC3CCCCC32)s1. The number of hydrogen-bond acceptors (Lipinski definition) is 4. The molecule has 3 atom stereocenters. The van der Waals surface area contributed by atoms with Crippen LogP contribution in [-0.4, -0.2) is 24.6 Å². The van der Waals surface area contributed by atoms with Crippen LogP contribution in [0.5, 0.6) is 0 Å². The van der Waals surface area contributed by atoms with E-state index >= 15 is 0 Å². The second-order valence-corrected chi connectivity index (χ2v) is 7.04. The molecule has 1 aromatic heterocycles. The van der Waals surface area contributed by atoms with E-state index in [1.807, 2.05) is 18.4 Å².